The lowest BCUT2D eigenvalue weighted by atomic mass is 10.1. The lowest BCUT2D eigenvalue weighted by molar-refractivity contribution is -0.120. The molecule has 1 N–H and O–H groups in total. The molecule has 0 unspecified atom stereocenters. The van der Waals surface area contributed by atoms with E-state index in [0.29, 0.717) is 33.4 Å². The van der Waals surface area contributed by atoms with Crippen molar-refractivity contribution in [2.24, 2.45) is 4.99 Å². The van der Waals surface area contributed by atoms with E-state index in [1.54, 1.807) is 42.5 Å². The molecule has 0 saturated heterocycles. The summed E-state index contributed by atoms with van der Waals surface area (Å²) in [5.41, 5.74) is 1.90. The lowest BCUT2D eigenvalue weighted by Crippen LogP contribution is -2.39. The Hall–Kier alpha value is -3.78. The number of aliphatic imine (C=N–C) groups is 1. The van der Waals surface area contributed by atoms with Crippen molar-refractivity contribution in [1.82, 2.24) is 4.98 Å². The molecule has 1 aliphatic heterocycles. The number of carbonyl (C=O) groups is 2. The van der Waals surface area contributed by atoms with Gasteiger partial charge in [0.1, 0.15) is 23.8 Å². The van der Waals surface area contributed by atoms with Gasteiger partial charge in [-0.1, -0.05) is 23.7 Å². The topological polar surface area (TPSA) is 83.9 Å². The van der Waals surface area contributed by atoms with Crippen molar-refractivity contribution in [1.29, 1.82) is 0 Å². The van der Waals surface area contributed by atoms with Crippen LogP contribution in [0.25, 0.3) is 0 Å². The summed E-state index contributed by atoms with van der Waals surface area (Å²) in [6.07, 6.45) is 1.45. The zero-order valence-corrected chi connectivity index (χ0v) is 17.8. The third kappa shape index (κ3) is 4.60. The number of nitrogens with one attached hydrogen (secondary N) is 1. The number of benzene rings is 2. The summed E-state index contributed by atoms with van der Waals surface area (Å²) in [5.74, 6) is -0.501. The number of hydrogen-bond acceptors (Lipinski definition) is 5. The second-order valence-corrected chi connectivity index (χ2v) is 7.40. The van der Waals surface area contributed by atoms with Crippen LogP contribution in [-0.2, 0) is 9.59 Å². The maximum absolute atomic E-state index is 13.3. The van der Waals surface area contributed by atoms with E-state index in [2.05, 4.69) is 15.3 Å². The number of amides is 2. The van der Waals surface area contributed by atoms with Crippen LogP contribution in [0, 0.1) is 5.82 Å². The quantitative estimate of drug-likeness (QED) is 0.622. The van der Waals surface area contributed by atoms with Crippen LogP contribution in [0.1, 0.15) is 12.0 Å². The second kappa shape index (κ2) is 9.15. The second-order valence-electron chi connectivity index (χ2n) is 6.96. The number of methoxy groups -OCH3 is 1. The minimum atomic E-state index is -0.458. The zero-order valence-electron chi connectivity index (χ0n) is 17.0. The highest BCUT2D eigenvalue weighted by molar-refractivity contribution is 6.31. The fourth-order valence-corrected chi connectivity index (χ4v) is 3.48. The predicted molar refractivity (Wildman–Crippen MR) is 120 cm³/mol. The summed E-state index contributed by atoms with van der Waals surface area (Å²) in [7, 11) is 1.48. The average Bonchev–Trinajstić information content (AvgIpc) is 2.91. The summed E-state index contributed by atoms with van der Waals surface area (Å²) in [6.45, 7) is -0.287. The number of halogens is 2. The molecule has 162 valence electrons. The first-order chi connectivity index (χ1) is 15.4. The van der Waals surface area contributed by atoms with Crippen LogP contribution < -0.4 is 15.0 Å². The summed E-state index contributed by atoms with van der Waals surface area (Å²) >= 11 is 6.02. The Balaban J connectivity index is 1.61. The molecule has 0 spiro atoms. The van der Waals surface area contributed by atoms with Crippen molar-refractivity contribution in [3.8, 4) is 5.75 Å². The fraction of sp³-hybridized carbons (Fsp3) is 0.130. The molecule has 0 atom stereocenters. The SMILES string of the molecule is COc1ccc(Cl)cc1NC(=O)CN1C(=O)CC(c2ccc(F)cc2)=Nc2cccnc21. The first kappa shape index (κ1) is 21.5. The Bertz CT molecular complexity index is 1210. The molecule has 9 heteroatoms. The van der Waals surface area contributed by atoms with Gasteiger partial charge in [0.2, 0.25) is 11.8 Å². The van der Waals surface area contributed by atoms with Crippen LogP contribution in [0.15, 0.2) is 65.8 Å². The van der Waals surface area contributed by atoms with Crippen LogP contribution >= 0.6 is 11.6 Å². The number of rotatable bonds is 5. The van der Waals surface area contributed by atoms with Crippen molar-refractivity contribution in [3.63, 3.8) is 0 Å². The Kier molecular flexibility index (Phi) is 6.13. The lowest BCUT2D eigenvalue weighted by Gasteiger charge is -2.21. The van der Waals surface area contributed by atoms with E-state index in [9.17, 15) is 14.0 Å². The van der Waals surface area contributed by atoms with Gasteiger partial charge in [0.15, 0.2) is 5.82 Å². The third-order valence-corrected chi connectivity index (χ3v) is 5.05. The molecule has 0 fully saturated rings. The number of ether oxygens (including phenoxy) is 1. The van der Waals surface area contributed by atoms with Crippen LogP contribution in [0.2, 0.25) is 5.02 Å². The van der Waals surface area contributed by atoms with Gasteiger partial charge in [-0.25, -0.2) is 14.4 Å². The highest BCUT2D eigenvalue weighted by Crippen LogP contribution is 2.31. The molecule has 1 aliphatic rings. The number of nitrogens with zero attached hydrogens (tertiary/aromatic N) is 3. The van der Waals surface area contributed by atoms with Gasteiger partial charge in [0.25, 0.3) is 0 Å². The fourth-order valence-electron chi connectivity index (χ4n) is 3.31. The molecule has 0 radical (unpaired) electrons. The molecule has 2 heterocycles. The van der Waals surface area contributed by atoms with E-state index in [1.165, 1.54) is 30.3 Å². The van der Waals surface area contributed by atoms with Crippen LogP contribution in [0.4, 0.5) is 21.6 Å². The number of pyridine rings is 1. The van der Waals surface area contributed by atoms with Crippen LogP contribution in [0.5, 0.6) is 5.75 Å². The van der Waals surface area contributed by atoms with Gasteiger partial charge in [-0.05, 0) is 48.0 Å². The minimum absolute atomic E-state index is 0.0737. The predicted octanol–water partition coefficient (Wildman–Crippen LogP) is 4.38. The van der Waals surface area contributed by atoms with Crippen LogP contribution in [0.3, 0.4) is 0 Å². The molecule has 4 rings (SSSR count). The van der Waals surface area contributed by atoms with Crippen LogP contribution in [-0.4, -0.2) is 36.2 Å². The van der Waals surface area contributed by atoms with Crippen molar-refractivity contribution < 1.29 is 18.7 Å². The standard InChI is InChI=1S/C23H18ClFN4O3/c1-32-20-9-6-15(24)11-19(20)28-21(30)13-29-22(31)12-18(14-4-7-16(25)8-5-14)27-17-3-2-10-26-23(17)29/h2-11H,12-13H2,1H3,(H,28,30). The van der Waals surface area contributed by atoms with Gasteiger partial charge in [0, 0.05) is 11.2 Å². The van der Waals surface area contributed by atoms with E-state index in [-0.39, 0.29) is 30.5 Å². The molecule has 7 nitrogen and oxygen atoms in total. The van der Waals surface area contributed by atoms with Gasteiger partial charge in [0.05, 0.1) is 24.9 Å². The number of carbonyl (C=O) groups excluding carboxylic acids is 2. The summed E-state index contributed by atoms with van der Waals surface area (Å²) < 4.78 is 18.6. The number of hydrogen-bond donors (Lipinski definition) is 1. The number of aromatic nitrogens is 1. The first-order valence-corrected chi connectivity index (χ1v) is 10.0. The number of fused-ring (bicyclic) bond motifs is 1. The Morgan fingerprint density at radius 1 is 1.22 bits per heavy atom. The van der Waals surface area contributed by atoms with Crippen molar-refractivity contribution in [2.45, 2.75) is 6.42 Å². The maximum Gasteiger partial charge on any atom is 0.244 e. The Morgan fingerprint density at radius 3 is 2.75 bits per heavy atom. The first-order valence-electron chi connectivity index (χ1n) is 9.67. The molecule has 3 aromatic rings. The number of anilines is 2. The average molecular weight is 453 g/mol. The van der Waals surface area contributed by atoms with E-state index >= 15 is 0 Å². The summed E-state index contributed by atoms with van der Waals surface area (Å²) in [5, 5.41) is 3.15. The molecule has 0 bridgehead atoms. The third-order valence-electron chi connectivity index (χ3n) is 4.81. The van der Waals surface area contributed by atoms with Gasteiger partial charge in [-0.2, -0.15) is 0 Å². The normalized spacial score (nSPS) is 13.2. The highest BCUT2D eigenvalue weighted by atomic mass is 35.5. The smallest absolute Gasteiger partial charge is 0.244 e. The molecule has 0 aliphatic carbocycles. The minimum Gasteiger partial charge on any atom is -0.495 e. The molecule has 2 aromatic carbocycles. The summed E-state index contributed by atoms with van der Waals surface area (Å²) in [6, 6.07) is 14.0. The van der Waals surface area contributed by atoms with E-state index in [4.69, 9.17) is 16.3 Å². The molecule has 0 saturated carbocycles. The van der Waals surface area contributed by atoms with Gasteiger partial charge < -0.3 is 10.1 Å². The van der Waals surface area contributed by atoms with E-state index in [0.717, 1.165) is 0 Å². The van der Waals surface area contributed by atoms with Gasteiger partial charge >= 0.3 is 0 Å². The molecular weight excluding hydrogens is 435 g/mol. The Morgan fingerprint density at radius 2 is 2.00 bits per heavy atom. The maximum atomic E-state index is 13.3. The molecule has 1 aromatic heterocycles. The van der Waals surface area contributed by atoms with Crippen molar-refractivity contribution >= 4 is 46.3 Å². The van der Waals surface area contributed by atoms with E-state index < -0.39 is 5.91 Å². The summed E-state index contributed by atoms with van der Waals surface area (Å²) in [4.78, 5) is 36.0. The van der Waals surface area contributed by atoms with Crippen molar-refractivity contribution in [3.05, 3.63) is 77.2 Å². The van der Waals surface area contributed by atoms with Gasteiger partial charge in [-0.3, -0.25) is 14.5 Å². The highest BCUT2D eigenvalue weighted by Gasteiger charge is 2.28. The van der Waals surface area contributed by atoms with Gasteiger partial charge in [-0.15, -0.1) is 0 Å². The molecule has 2 amide bonds. The monoisotopic (exact) mass is 452 g/mol. The largest absolute Gasteiger partial charge is 0.495 e. The molecule has 32 heavy (non-hydrogen) atoms. The zero-order chi connectivity index (χ0) is 22.7. The Labute approximate surface area is 188 Å². The van der Waals surface area contributed by atoms with Crippen molar-refractivity contribution in [2.75, 3.05) is 23.9 Å². The molecular formula is C23H18ClFN4O3. The van der Waals surface area contributed by atoms with E-state index in [1.807, 2.05) is 0 Å².